The minimum atomic E-state index is -3.62. The van der Waals surface area contributed by atoms with Crippen LogP contribution in [0.4, 0.5) is 4.39 Å². The van der Waals surface area contributed by atoms with Crippen molar-refractivity contribution in [2.75, 3.05) is 20.2 Å². The zero-order valence-corrected chi connectivity index (χ0v) is 13.4. The van der Waals surface area contributed by atoms with Crippen molar-refractivity contribution in [3.8, 4) is 5.75 Å². The van der Waals surface area contributed by atoms with E-state index in [4.69, 9.17) is 16.3 Å². The first-order valence-corrected chi connectivity index (χ1v) is 8.32. The van der Waals surface area contributed by atoms with Crippen molar-refractivity contribution in [2.45, 2.75) is 4.90 Å². The summed E-state index contributed by atoms with van der Waals surface area (Å²) in [5, 5.41) is 0.462. The largest absolute Gasteiger partial charge is 0.489 e. The van der Waals surface area contributed by atoms with E-state index in [1.807, 2.05) is 0 Å². The summed E-state index contributed by atoms with van der Waals surface area (Å²) < 4.78 is 44.4. The topological polar surface area (TPSA) is 46.6 Å². The molecule has 0 heterocycles. The second-order valence-electron chi connectivity index (χ2n) is 4.56. The fourth-order valence-corrected chi connectivity index (χ4v) is 3.03. The smallest absolute Gasteiger partial charge is 0.242 e. The van der Waals surface area contributed by atoms with Gasteiger partial charge in [-0.15, -0.1) is 0 Å². The van der Waals surface area contributed by atoms with E-state index in [2.05, 4.69) is 0 Å². The van der Waals surface area contributed by atoms with E-state index in [9.17, 15) is 12.8 Å². The lowest BCUT2D eigenvalue weighted by molar-refractivity contribution is 0.275. The molecule has 0 unspecified atom stereocenters. The van der Waals surface area contributed by atoms with Gasteiger partial charge in [0.1, 0.15) is 6.61 Å². The summed E-state index contributed by atoms with van der Waals surface area (Å²) in [6.45, 7) is 0.142. The minimum absolute atomic E-state index is 0.0459. The Morgan fingerprint density at radius 1 is 1.14 bits per heavy atom. The molecule has 0 aliphatic carbocycles. The van der Waals surface area contributed by atoms with Crippen molar-refractivity contribution < 1.29 is 17.5 Å². The van der Waals surface area contributed by atoms with Crippen LogP contribution in [0.15, 0.2) is 53.4 Å². The molecule has 0 aromatic heterocycles. The number of likely N-dealkylation sites (N-methyl/N-ethyl adjacent to an activating group) is 1. The quantitative estimate of drug-likeness (QED) is 0.809. The Balaban J connectivity index is 1.98. The van der Waals surface area contributed by atoms with Gasteiger partial charge in [-0.05, 0) is 36.4 Å². The molecule has 0 aliphatic rings. The van der Waals surface area contributed by atoms with Gasteiger partial charge in [0.15, 0.2) is 11.6 Å². The van der Waals surface area contributed by atoms with Gasteiger partial charge in [0.25, 0.3) is 0 Å². The summed E-state index contributed by atoms with van der Waals surface area (Å²) in [7, 11) is -2.18. The summed E-state index contributed by atoms with van der Waals surface area (Å²) >= 11 is 5.74. The highest BCUT2D eigenvalue weighted by Crippen LogP contribution is 2.18. The van der Waals surface area contributed by atoms with Gasteiger partial charge in [-0.25, -0.2) is 12.8 Å². The van der Waals surface area contributed by atoms with E-state index >= 15 is 0 Å². The van der Waals surface area contributed by atoms with Crippen LogP contribution in [0.1, 0.15) is 0 Å². The van der Waals surface area contributed by atoms with Gasteiger partial charge in [-0.1, -0.05) is 23.7 Å². The summed E-state index contributed by atoms with van der Waals surface area (Å²) in [6, 6.07) is 11.9. The van der Waals surface area contributed by atoms with Gasteiger partial charge in [-0.2, -0.15) is 4.31 Å². The lowest BCUT2D eigenvalue weighted by Gasteiger charge is -2.17. The van der Waals surface area contributed by atoms with Crippen LogP contribution in [0, 0.1) is 5.82 Å². The Morgan fingerprint density at radius 2 is 1.77 bits per heavy atom. The maximum Gasteiger partial charge on any atom is 0.242 e. The molecule has 0 aliphatic heterocycles. The highest BCUT2D eigenvalue weighted by Gasteiger charge is 2.20. The van der Waals surface area contributed by atoms with E-state index in [-0.39, 0.29) is 23.8 Å². The fourth-order valence-electron chi connectivity index (χ4n) is 1.75. The van der Waals surface area contributed by atoms with E-state index in [1.165, 1.54) is 43.4 Å². The SMILES string of the molecule is CN(CCOc1ccccc1F)S(=O)(=O)c1ccc(Cl)cc1. The third-order valence-electron chi connectivity index (χ3n) is 3.02. The first-order valence-electron chi connectivity index (χ1n) is 6.50. The molecule has 0 bridgehead atoms. The summed E-state index contributed by atoms with van der Waals surface area (Å²) in [5.74, 6) is -0.384. The molecule has 7 heteroatoms. The van der Waals surface area contributed by atoms with Gasteiger partial charge < -0.3 is 4.74 Å². The Morgan fingerprint density at radius 3 is 2.41 bits per heavy atom. The van der Waals surface area contributed by atoms with Crippen LogP contribution in [0.5, 0.6) is 5.75 Å². The Hall–Kier alpha value is -1.63. The van der Waals surface area contributed by atoms with Crippen LogP contribution >= 0.6 is 11.6 Å². The molecule has 0 N–H and O–H groups in total. The molecule has 0 spiro atoms. The molecule has 2 rings (SSSR count). The maximum absolute atomic E-state index is 13.4. The lowest BCUT2D eigenvalue weighted by atomic mass is 10.3. The summed E-state index contributed by atoms with van der Waals surface area (Å²) in [4.78, 5) is 0.144. The normalized spacial score (nSPS) is 11.6. The van der Waals surface area contributed by atoms with Crippen molar-refractivity contribution in [1.82, 2.24) is 4.31 Å². The van der Waals surface area contributed by atoms with Gasteiger partial charge >= 0.3 is 0 Å². The van der Waals surface area contributed by atoms with Crippen LogP contribution in [0.25, 0.3) is 0 Å². The molecule has 0 saturated heterocycles. The zero-order chi connectivity index (χ0) is 16.2. The molecule has 2 aromatic rings. The second kappa shape index (κ2) is 7.09. The Bertz CT molecular complexity index is 735. The average molecular weight is 344 g/mol. The molecule has 2 aromatic carbocycles. The highest BCUT2D eigenvalue weighted by atomic mass is 35.5. The number of halogens is 2. The number of benzene rings is 2. The van der Waals surface area contributed by atoms with Crippen molar-refractivity contribution in [2.24, 2.45) is 0 Å². The van der Waals surface area contributed by atoms with E-state index in [1.54, 1.807) is 12.1 Å². The lowest BCUT2D eigenvalue weighted by Crippen LogP contribution is -2.31. The number of nitrogens with zero attached hydrogens (tertiary/aromatic N) is 1. The number of sulfonamides is 1. The highest BCUT2D eigenvalue weighted by molar-refractivity contribution is 7.89. The third-order valence-corrected chi connectivity index (χ3v) is 5.15. The van der Waals surface area contributed by atoms with Crippen molar-refractivity contribution in [3.63, 3.8) is 0 Å². The first-order chi connectivity index (χ1) is 10.4. The van der Waals surface area contributed by atoms with Crippen LogP contribution in [0.3, 0.4) is 0 Å². The second-order valence-corrected chi connectivity index (χ2v) is 7.04. The Labute approximate surface area is 134 Å². The van der Waals surface area contributed by atoms with Gasteiger partial charge in [-0.3, -0.25) is 0 Å². The van der Waals surface area contributed by atoms with Gasteiger partial charge in [0, 0.05) is 18.6 Å². The average Bonchev–Trinajstić information content (AvgIpc) is 2.49. The maximum atomic E-state index is 13.4. The molecule has 4 nitrogen and oxygen atoms in total. The predicted molar refractivity (Wildman–Crippen MR) is 83.2 cm³/mol. The molecule has 0 radical (unpaired) electrons. The molecule has 0 atom stereocenters. The summed E-state index contributed by atoms with van der Waals surface area (Å²) in [5.41, 5.74) is 0. The number of para-hydroxylation sites is 1. The van der Waals surface area contributed by atoms with E-state index in [0.29, 0.717) is 5.02 Å². The molecule has 118 valence electrons. The van der Waals surface area contributed by atoms with Crippen LogP contribution in [-0.4, -0.2) is 32.9 Å². The van der Waals surface area contributed by atoms with Crippen LogP contribution < -0.4 is 4.74 Å². The Kier molecular flexibility index (Phi) is 5.39. The number of rotatable bonds is 6. The van der Waals surface area contributed by atoms with E-state index in [0.717, 1.165) is 4.31 Å². The molecular weight excluding hydrogens is 329 g/mol. The predicted octanol–water partition coefficient (Wildman–Crippen LogP) is 3.18. The van der Waals surface area contributed by atoms with Crippen molar-refractivity contribution in [3.05, 3.63) is 59.4 Å². The van der Waals surface area contributed by atoms with Gasteiger partial charge in [0.05, 0.1) is 4.90 Å². The number of hydrogen-bond donors (Lipinski definition) is 0. The zero-order valence-electron chi connectivity index (χ0n) is 11.9. The van der Waals surface area contributed by atoms with Crippen molar-refractivity contribution in [1.29, 1.82) is 0 Å². The molecule has 0 saturated carbocycles. The fraction of sp³-hybridized carbons (Fsp3) is 0.200. The van der Waals surface area contributed by atoms with E-state index < -0.39 is 15.8 Å². The van der Waals surface area contributed by atoms with Crippen LogP contribution in [0.2, 0.25) is 5.02 Å². The minimum Gasteiger partial charge on any atom is -0.489 e. The van der Waals surface area contributed by atoms with Gasteiger partial charge in [0.2, 0.25) is 10.0 Å². The molecule has 22 heavy (non-hydrogen) atoms. The number of hydrogen-bond acceptors (Lipinski definition) is 3. The molecule has 0 amide bonds. The number of ether oxygens (including phenoxy) is 1. The molecule has 0 fully saturated rings. The first kappa shape index (κ1) is 16.7. The molecular formula is C15H15ClFNO3S. The monoisotopic (exact) mass is 343 g/mol. The van der Waals surface area contributed by atoms with Crippen molar-refractivity contribution >= 4 is 21.6 Å². The standard InChI is InChI=1S/C15H15ClFNO3S/c1-18(10-11-21-15-5-3-2-4-14(15)17)22(19,20)13-8-6-12(16)7-9-13/h2-9H,10-11H2,1H3. The summed E-state index contributed by atoms with van der Waals surface area (Å²) in [6.07, 6.45) is 0. The third kappa shape index (κ3) is 3.97. The van der Waals surface area contributed by atoms with Crippen LogP contribution in [-0.2, 0) is 10.0 Å².